The topological polar surface area (TPSA) is 99.2 Å². The zero-order valence-corrected chi connectivity index (χ0v) is 19.7. The van der Waals surface area contributed by atoms with Crippen LogP contribution in [0.2, 0.25) is 0 Å². The Morgan fingerprint density at radius 1 is 0.879 bits per heavy atom. The lowest BCUT2D eigenvalue weighted by atomic mass is 10.1. The first-order chi connectivity index (χ1) is 16.0. The molecular formula is C23H26N6O2S2. The van der Waals surface area contributed by atoms with Crippen molar-refractivity contribution in [3.63, 3.8) is 0 Å². The number of rotatable bonds is 7. The molecule has 3 N–H and O–H groups in total. The van der Waals surface area contributed by atoms with Crippen LogP contribution in [-0.4, -0.2) is 41.5 Å². The average molecular weight is 483 g/mol. The highest BCUT2D eigenvalue weighted by Crippen LogP contribution is 2.18. The summed E-state index contributed by atoms with van der Waals surface area (Å²) >= 11 is 5.40. The molecule has 2 heterocycles. The van der Waals surface area contributed by atoms with Crippen molar-refractivity contribution in [3.8, 4) is 0 Å². The van der Waals surface area contributed by atoms with Gasteiger partial charge in [-0.3, -0.25) is 4.90 Å². The van der Waals surface area contributed by atoms with Crippen LogP contribution in [-0.2, 0) is 16.6 Å². The molecule has 1 saturated heterocycles. The van der Waals surface area contributed by atoms with E-state index in [1.54, 1.807) is 18.2 Å². The van der Waals surface area contributed by atoms with E-state index >= 15 is 0 Å². The monoisotopic (exact) mass is 482 g/mol. The molecule has 0 unspecified atom stereocenters. The number of benzene rings is 2. The van der Waals surface area contributed by atoms with E-state index in [9.17, 15) is 8.42 Å². The molecule has 10 heteroatoms. The van der Waals surface area contributed by atoms with Gasteiger partial charge in [-0.2, -0.15) is 0 Å². The second-order valence-electron chi connectivity index (χ2n) is 7.82. The molecule has 1 aliphatic heterocycles. The van der Waals surface area contributed by atoms with E-state index in [1.807, 2.05) is 12.1 Å². The summed E-state index contributed by atoms with van der Waals surface area (Å²) in [5.41, 5.74) is 2.85. The van der Waals surface area contributed by atoms with Crippen molar-refractivity contribution in [2.45, 2.75) is 30.7 Å². The lowest BCUT2D eigenvalue weighted by Crippen LogP contribution is -2.29. The van der Waals surface area contributed by atoms with Gasteiger partial charge in [-0.25, -0.2) is 23.1 Å². The maximum absolute atomic E-state index is 12.5. The molecule has 0 radical (unpaired) electrons. The summed E-state index contributed by atoms with van der Waals surface area (Å²) in [5.74, 6) is 0.0204. The number of piperidine rings is 1. The third-order valence-electron chi connectivity index (χ3n) is 5.28. The third kappa shape index (κ3) is 6.70. The molecule has 0 amide bonds. The lowest BCUT2D eigenvalue weighted by molar-refractivity contribution is 0.221. The van der Waals surface area contributed by atoms with Gasteiger partial charge in [0, 0.05) is 30.3 Å². The Bertz CT molecular complexity index is 1160. The van der Waals surface area contributed by atoms with Crippen molar-refractivity contribution in [2.24, 2.45) is 0 Å². The van der Waals surface area contributed by atoms with Gasteiger partial charge in [-0.05, 0) is 86.2 Å². The Kier molecular flexibility index (Phi) is 7.48. The largest absolute Gasteiger partial charge is 0.332 e. The van der Waals surface area contributed by atoms with Gasteiger partial charge >= 0.3 is 0 Å². The summed E-state index contributed by atoms with van der Waals surface area (Å²) in [7, 11) is -3.78. The van der Waals surface area contributed by atoms with Crippen LogP contribution in [0.4, 0.5) is 17.3 Å². The van der Waals surface area contributed by atoms with Gasteiger partial charge < -0.3 is 10.6 Å². The predicted molar refractivity (Wildman–Crippen MR) is 135 cm³/mol. The Morgan fingerprint density at radius 3 is 2.06 bits per heavy atom. The first kappa shape index (κ1) is 23.1. The van der Waals surface area contributed by atoms with E-state index in [4.69, 9.17) is 12.2 Å². The molecule has 0 atom stereocenters. The zero-order chi connectivity index (χ0) is 23.1. The van der Waals surface area contributed by atoms with Crippen molar-refractivity contribution in [2.75, 3.05) is 28.4 Å². The Balaban J connectivity index is 1.30. The summed E-state index contributed by atoms with van der Waals surface area (Å²) in [6.45, 7) is 3.32. The van der Waals surface area contributed by atoms with Gasteiger partial charge in [0.25, 0.3) is 10.0 Å². The van der Waals surface area contributed by atoms with E-state index in [2.05, 4.69) is 42.4 Å². The van der Waals surface area contributed by atoms with Crippen molar-refractivity contribution in [1.29, 1.82) is 0 Å². The minimum Gasteiger partial charge on any atom is -0.332 e. The number of anilines is 3. The normalized spacial score (nSPS) is 14.4. The van der Waals surface area contributed by atoms with Crippen molar-refractivity contribution < 1.29 is 8.42 Å². The lowest BCUT2D eigenvalue weighted by Gasteiger charge is -2.26. The number of likely N-dealkylation sites (tertiary alicyclic amines) is 1. The third-order valence-corrected chi connectivity index (χ3v) is 6.83. The molecule has 3 aromatic rings. The van der Waals surface area contributed by atoms with Crippen LogP contribution in [0, 0.1) is 0 Å². The Hall–Kier alpha value is -3.08. The maximum Gasteiger partial charge on any atom is 0.264 e. The minimum absolute atomic E-state index is 0.0204. The van der Waals surface area contributed by atoms with E-state index in [-0.39, 0.29) is 10.8 Å². The molecule has 33 heavy (non-hydrogen) atoms. The van der Waals surface area contributed by atoms with Crippen LogP contribution < -0.4 is 15.4 Å². The standard InChI is InChI=1S/C23H26N6O2S2/c30-33(31,28-22-24-13-4-14-25-22)21-11-9-20(10-12-21)27-23(32)26-19-7-5-18(6-8-19)17-29-15-2-1-3-16-29/h4-14H,1-3,15-17H2,(H,24,25,28)(H2,26,27,32). The van der Waals surface area contributed by atoms with Gasteiger partial charge in [-0.1, -0.05) is 18.6 Å². The molecule has 2 aromatic carbocycles. The van der Waals surface area contributed by atoms with Gasteiger partial charge in [0.1, 0.15) is 0 Å². The second kappa shape index (κ2) is 10.7. The molecule has 4 rings (SSSR count). The summed E-state index contributed by atoms with van der Waals surface area (Å²) in [6.07, 6.45) is 6.83. The van der Waals surface area contributed by atoms with Crippen molar-refractivity contribution >= 4 is 44.7 Å². The molecule has 0 saturated carbocycles. The minimum atomic E-state index is -3.78. The van der Waals surface area contributed by atoms with E-state index in [0.717, 1.165) is 12.2 Å². The summed E-state index contributed by atoms with van der Waals surface area (Å²) in [6, 6.07) is 16.1. The van der Waals surface area contributed by atoms with Crippen LogP contribution in [0.3, 0.4) is 0 Å². The number of hydrogen-bond donors (Lipinski definition) is 3. The molecule has 0 bridgehead atoms. The quantitative estimate of drug-likeness (QED) is 0.434. The van der Waals surface area contributed by atoms with Crippen LogP contribution in [0.25, 0.3) is 0 Å². The fourth-order valence-electron chi connectivity index (χ4n) is 3.61. The van der Waals surface area contributed by atoms with Gasteiger partial charge in [0.2, 0.25) is 5.95 Å². The molecule has 8 nitrogen and oxygen atoms in total. The Labute approximate surface area is 199 Å². The second-order valence-corrected chi connectivity index (χ2v) is 9.91. The van der Waals surface area contributed by atoms with Crippen LogP contribution >= 0.6 is 12.2 Å². The summed E-state index contributed by atoms with van der Waals surface area (Å²) in [5, 5.41) is 6.65. The smallest absolute Gasteiger partial charge is 0.264 e. The first-order valence-corrected chi connectivity index (χ1v) is 12.7. The number of aromatic nitrogens is 2. The number of hydrogen-bond acceptors (Lipinski definition) is 6. The predicted octanol–water partition coefficient (Wildman–Crippen LogP) is 4.07. The summed E-state index contributed by atoms with van der Waals surface area (Å²) < 4.78 is 27.3. The van der Waals surface area contributed by atoms with Crippen molar-refractivity contribution in [1.82, 2.24) is 14.9 Å². The Morgan fingerprint density at radius 2 is 1.45 bits per heavy atom. The molecule has 172 valence electrons. The van der Waals surface area contributed by atoms with Crippen molar-refractivity contribution in [3.05, 3.63) is 72.6 Å². The molecule has 0 aliphatic carbocycles. The summed E-state index contributed by atoms with van der Waals surface area (Å²) in [4.78, 5) is 10.3. The molecular weight excluding hydrogens is 456 g/mol. The fraction of sp³-hybridized carbons (Fsp3) is 0.261. The molecule has 1 fully saturated rings. The molecule has 1 aromatic heterocycles. The van der Waals surface area contributed by atoms with Gasteiger partial charge in [0.05, 0.1) is 4.90 Å². The van der Waals surface area contributed by atoms with Crippen LogP contribution in [0.15, 0.2) is 71.9 Å². The van der Waals surface area contributed by atoms with E-state index in [1.165, 1.54) is 62.4 Å². The number of nitrogens with one attached hydrogen (secondary N) is 3. The van der Waals surface area contributed by atoms with Gasteiger partial charge in [-0.15, -0.1) is 0 Å². The van der Waals surface area contributed by atoms with Crippen LogP contribution in [0.5, 0.6) is 0 Å². The highest BCUT2D eigenvalue weighted by Gasteiger charge is 2.15. The van der Waals surface area contributed by atoms with E-state index in [0.29, 0.717) is 10.8 Å². The molecule has 0 spiro atoms. The number of thiocarbonyl (C=S) groups is 1. The SMILES string of the molecule is O=S(=O)(Nc1ncccn1)c1ccc(NC(=S)Nc2ccc(CN3CCCCC3)cc2)cc1. The zero-order valence-electron chi connectivity index (χ0n) is 18.1. The van der Waals surface area contributed by atoms with E-state index < -0.39 is 10.0 Å². The highest BCUT2D eigenvalue weighted by atomic mass is 32.2. The fourth-order valence-corrected chi connectivity index (χ4v) is 4.80. The maximum atomic E-state index is 12.5. The van der Waals surface area contributed by atoms with Crippen LogP contribution in [0.1, 0.15) is 24.8 Å². The highest BCUT2D eigenvalue weighted by molar-refractivity contribution is 7.92. The number of nitrogens with zero attached hydrogens (tertiary/aromatic N) is 3. The average Bonchev–Trinajstić information content (AvgIpc) is 2.82. The first-order valence-electron chi connectivity index (χ1n) is 10.8. The molecule has 1 aliphatic rings. The number of sulfonamides is 1. The van der Waals surface area contributed by atoms with Gasteiger partial charge in [0.15, 0.2) is 5.11 Å².